The minimum atomic E-state index is -0.636. The van der Waals surface area contributed by atoms with Gasteiger partial charge in [0, 0.05) is 35.3 Å². The molecule has 1 aromatic heterocycles. The summed E-state index contributed by atoms with van der Waals surface area (Å²) in [7, 11) is 3.57. The standard InChI is InChI=1S/C25H25NO5/c1-14-20(31-24(28)25(2,3)4)10-8-17-22(27)21(30-23(14)17)11-15-13-26(5)19-9-7-16(29-6)12-18(15)19/h7-13H,1-6H3/b21-11+. The van der Waals surface area contributed by atoms with Crippen molar-refractivity contribution >= 4 is 28.7 Å². The van der Waals surface area contributed by atoms with E-state index in [-0.39, 0.29) is 17.5 Å². The first kappa shape index (κ1) is 20.7. The molecule has 1 aliphatic heterocycles. The molecule has 0 bridgehead atoms. The monoisotopic (exact) mass is 419 g/mol. The molecule has 6 heteroatoms. The number of nitrogens with zero attached hydrogens (tertiary/aromatic N) is 1. The normalized spacial score (nSPS) is 14.6. The molecule has 2 aromatic carbocycles. The van der Waals surface area contributed by atoms with E-state index in [9.17, 15) is 9.59 Å². The van der Waals surface area contributed by atoms with E-state index < -0.39 is 5.41 Å². The van der Waals surface area contributed by atoms with Gasteiger partial charge in [-0.1, -0.05) is 0 Å². The number of hydrogen-bond acceptors (Lipinski definition) is 5. The van der Waals surface area contributed by atoms with Gasteiger partial charge in [0.1, 0.15) is 17.2 Å². The Morgan fingerprint density at radius 2 is 1.90 bits per heavy atom. The molecule has 0 spiro atoms. The summed E-state index contributed by atoms with van der Waals surface area (Å²) in [6.45, 7) is 7.15. The van der Waals surface area contributed by atoms with E-state index in [0.717, 1.165) is 22.2 Å². The number of allylic oxidation sites excluding steroid dienone is 1. The van der Waals surface area contributed by atoms with Gasteiger partial charge in [0.2, 0.25) is 5.78 Å². The van der Waals surface area contributed by atoms with E-state index in [2.05, 4.69) is 0 Å². The zero-order valence-corrected chi connectivity index (χ0v) is 18.5. The van der Waals surface area contributed by atoms with Crippen molar-refractivity contribution in [1.29, 1.82) is 0 Å². The van der Waals surface area contributed by atoms with Crippen molar-refractivity contribution < 1.29 is 23.8 Å². The van der Waals surface area contributed by atoms with E-state index in [1.165, 1.54) is 0 Å². The Bertz CT molecular complexity index is 1260. The maximum Gasteiger partial charge on any atom is 0.316 e. The smallest absolute Gasteiger partial charge is 0.316 e. The Labute approximate surface area is 181 Å². The minimum Gasteiger partial charge on any atom is -0.497 e. The van der Waals surface area contributed by atoms with Crippen LogP contribution in [0.3, 0.4) is 0 Å². The molecule has 3 aromatic rings. The summed E-state index contributed by atoms with van der Waals surface area (Å²) in [5.41, 5.74) is 2.30. The molecular weight excluding hydrogens is 394 g/mol. The highest BCUT2D eigenvalue weighted by atomic mass is 16.5. The molecule has 0 N–H and O–H groups in total. The van der Waals surface area contributed by atoms with E-state index in [0.29, 0.717) is 22.6 Å². The lowest BCUT2D eigenvalue weighted by molar-refractivity contribution is -0.143. The topological polar surface area (TPSA) is 66.8 Å². The number of ketones is 1. The predicted molar refractivity (Wildman–Crippen MR) is 119 cm³/mol. The van der Waals surface area contributed by atoms with Crippen LogP contribution in [-0.2, 0) is 11.8 Å². The van der Waals surface area contributed by atoms with E-state index >= 15 is 0 Å². The zero-order valence-electron chi connectivity index (χ0n) is 18.5. The Hall–Kier alpha value is -3.54. The molecule has 0 saturated heterocycles. The largest absolute Gasteiger partial charge is 0.497 e. The van der Waals surface area contributed by atoms with Gasteiger partial charge in [0.25, 0.3) is 0 Å². The molecule has 0 radical (unpaired) electrons. The number of ether oxygens (including phenoxy) is 3. The van der Waals surface area contributed by atoms with Gasteiger partial charge in [0.15, 0.2) is 5.76 Å². The number of aromatic nitrogens is 1. The van der Waals surface area contributed by atoms with Crippen molar-refractivity contribution in [3.8, 4) is 17.2 Å². The molecular formula is C25H25NO5. The first-order valence-electron chi connectivity index (χ1n) is 10.0. The Morgan fingerprint density at radius 3 is 2.58 bits per heavy atom. The lowest BCUT2D eigenvalue weighted by Gasteiger charge is -2.17. The van der Waals surface area contributed by atoms with E-state index in [4.69, 9.17) is 14.2 Å². The molecule has 31 heavy (non-hydrogen) atoms. The second-order valence-corrected chi connectivity index (χ2v) is 8.72. The SMILES string of the molecule is COc1ccc2c(c1)c(/C=C1/Oc3c(ccc(OC(=O)C(C)(C)C)c3C)C1=O)cn2C. The number of rotatable bonds is 3. The van der Waals surface area contributed by atoms with Crippen molar-refractivity contribution in [2.45, 2.75) is 27.7 Å². The summed E-state index contributed by atoms with van der Waals surface area (Å²) in [4.78, 5) is 25.3. The van der Waals surface area contributed by atoms with Gasteiger partial charge in [-0.15, -0.1) is 0 Å². The van der Waals surface area contributed by atoms with Crippen LogP contribution in [0.5, 0.6) is 17.2 Å². The molecule has 160 valence electrons. The molecule has 6 nitrogen and oxygen atoms in total. The van der Waals surface area contributed by atoms with Crippen molar-refractivity contribution in [3.05, 3.63) is 59.0 Å². The van der Waals surface area contributed by atoms with E-state index in [1.807, 2.05) is 36.0 Å². The van der Waals surface area contributed by atoms with Crippen LogP contribution in [0, 0.1) is 12.3 Å². The van der Waals surface area contributed by atoms with Crippen molar-refractivity contribution in [2.75, 3.05) is 7.11 Å². The van der Waals surface area contributed by atoms with Crippen LogP contribution in [-0.4, -0.2) is 23.4 Å². The first-order valence-corrected chi connectivity index (χ1v) is 10.0. The van der Waals surface area contributed by atoms with Gasteiger partial charge in [0.05, 0.1) is 18.1 Å². The van der Waals surface area contributed by atoms with Gasteiger partial charge in [-0.25, -0.2) is 0 Å². The highest BCUT2D eigenvalue weighted by Crippen LogP contribution is 2.40. The number of aryl methyl sites for hydroxylation is 1. The molecule has 1 aliphatic rings. The van der Waals surface area contributed by atoms with Crippen LogP contribution in [0.25, 0.3) is 17.0 Å². The van der Waals surface area contributed by atoms with Crippen molar-refractivity contribution in [3.63, 3.8) is 0 Å². The van der Waals surface area contributed by atoms with Gasteiger partial charge >= 0.3 is 5.97 Å². The Kier molecular flexibility index (Phi) is 4.88. The summed E-state index contributed by atoms with van der Waals surface area (Å²) in [6.07, 6.45) is 3.69. The first-order chi connectivity index (χ1) is 14.6. The average Bonchev–Trinajstić information content (AvgIpc) is 3.20. The van der Waals surface area contributed by atoms with Crippen molar-refractivity contribution in [2.24, 2.45) is 12.5 Å². The van der Waals surface area contributed by atoms with Crippen LogP contribution in [0.4, 0.5) is 0 Å². The average molecular weight is 419 g/mol. The maximum absolute atomic E-state index is 13.0. The lowest BCUT2D eigenvalue weighted by atomic mass is 9.97. The number of Topliss-reactive ketones (excluding diaryl/α,β-unsaturated/α-hetero) is 1. The fourth-order valence-electron chi connectivity index (χ4n) is 3.52. The molecule has 0 atom stereocenters. The lowest BCUT2D eigenvalue weighted by Crippen LogP contribution is -2.25. The molecule has 0 unspecified atom stereocenters. The number of esters is 1. The molecule has 2 heterocycles. The molecule has 0 amide bonds. The predicted octanol–water partition coefficient (Wildman–Crippen LogP) is 5.06. The second-order valence-electron chi connectivity index (χ2n) is 8.72. The number of benzene rings is 2. The Morgan fingerprint density at radius 1 is 1.16 bits per heavy atom. The summed E-state index contributed by atoms with van der Waals surface area (Å²) < 4.78 is 18.8. The minimum absolute atomic E-state index is 0.202. The third kappa shape index (κ3) is 3.58. The number of carbonyl (C=O) groups excluding carboxylic acids is 2. The fraction of sp³-hybridized carbons (Fsp3) is 0.280. The molecule has 0 saturated carbocycles. The van der Waals surface area contributed by atoms with Crippen LogP contribution in [0.2, 0.25) is 0 Å². The van der Waals surface area contributed by atoms with Gasteiger partial charge in [-0.05, 0) is 64.1 Å². The summed E-state index contributed by atoms with van der Waals surface area (Å²) in [5, 5.41) is 0.957. The molecule has 0 fully saturated rings. The zero-order chi connectivity index (χ0) is 22.5. The fourth-order valence-corrected chi connectivity index (χ4v) is 3.52. The van der Waals surface area contributed by atoms with Gasteiger partial charge in [-0.2, -0.15) is 0 Å². The van der Waals surface area contributed by atoms with Gasteiger partial charge in [-0.3, -0.25) is 9.59 Å². The summed E-state index contributed by atoms with van der Waals surface area (Å²) in [6, 6.07) is 9.09. The van der Waals surface area contributed by atoms with Crippen LogP contribution < -0.4 is 14.2 Å². The quantitative estimate of drug-likeness (QED) is 0.337. The second kappa shape index (κ2) is 7.30. The number of fused-ring (bicyclic) bond motifs is 2. The highest BCUT2D eigenvalue weighted by Gasteiger charge is 2.32. The van der Waals surface area contributed by atoms with E-state index in [1.54, 1.807) is 53.0 Å². The highest BCUT2D eigenvalue weighted by molar-refractivity contribution is 6.15. The van der Waals surface area contributed by atoms with Crippen LogP contribution in [0.1, 0.15) is 42.3 Å². The third-order valence-electron chi connectivity index (χ3n) is 5.37. The molecule has 0 aliphatic carbocycles. The number of carbonyl (C=O) groups is 2. The van der Waals surface area contributed by atoms with Crippen LogP contribution in [0.15, 0.2) is 42.3 Å². The number of methoxy groups -OCH3 is 1. The Balaban J connectivity index is 1.71. The van der Waals surface area contributed by atoms with Crippen LogP contribution >= 0.6 is 0 Å². The third-order valence-corrected chi connectivity index (χ3v) is 5.37. The van der Waals surface area contributed by atoms with Crippen molar-refractivity contribution in [1.82, 2.24) is 4.57 Å². The van der Waals surface area contributed by atoms with Gasteiger partial charge < -0.3 is 18.8 Å². The number of hydrogen-bond donors (Lipinski definition) is 0. The summed E-state index contributed by atoms with van der Waals surface area (Å²) >= 11 is 0. The summed E-state index contributed by atoms with van der Waals surface area (Å²) in [5.74, 6) is 1.23. The molecule has 4 rings (SSSR count). The maximum atomic E-state index is 13.0.